The first kappa shape index (κ1) is 19.6. The maximum atomic E-state index is 11.5. The SMILES string of the molecule is Cc1nccn1CCNC(=O)[C@@H](N)C(C)C.Cl.Cl. The van der Waals surface area contributed by atoms with Gasteiger partial charge in [-0.1, -0.05) is 13.8 Å². The van der Waals surface area contributed by atoms with E-state index in [9.17, 15) is 4.79 Å². The molecule has 0 radical (unpaired) electrons. The summed E-state index contributed by atoms with van der Waals surface area (Å²) in [4.78, 5) is 15.6. The summed E-state index contributed by atoms with van der Waals surface area (Å²) in [5.74, 6) is 1.02. The van der Waals surface area contributed by atoms with Crippen molar-refractivity contribution in [2.45, 2.75) is 33.4 Å². The van der Waals surface area contributed by atoms with Gasteiger partial charge < -0.3 is 15.6 Å². The van der Waals surface area contributed by atoms with E-state index in [4.69, 9.17) is 5.73 Å². The van der Waals surface area contributed by atoms with Gasteiger partial charge in [-0.2, -0.15) is 0 Å². The van der Waals surface area contributed by atoms with Gasteiger partial charge in [0.25, 0.3) is 0 Å². The second-order valence-electron chi connectivity index (χ2n) is 4.23. The van der Waals surface area contributed by atoms with E-state index in [0.29, 0.717) is 6.54 Å². The van der Waals surface area contributed by atoms with Gasteiger partial charge in [0.2, 0.25) is 5.91 Å². The summed E-state index contributed by atoms with van der Waals surface area (Å²) >= 11 is 0. The molecule has 18 heavy (non-hydrogen) atoms. The Morgan fingerprint density at radius 3 is 2.56 bits per heavy atom. The smallest absolute Gasteiger partial charge is 0.237 e. The van der Waals surface area contributed by atoms with E-state index in [2.05, 4.69) is 10.3 Å². The number of rotatable bonds is 5. The second-order valence-corrected chi connectivity index (χ2v) is 4.23. The zero-order valence-electron chi connectivity index (χ0n) is 10.9. The molecule has 1 heterocycles. The zero-order chi connectivity index (χ0) is 12.1. The molecule has 1 aromatic heterocycles. The summed E-state index contributed by atoms with van der Waals surface area (Å²) in [5.41, 5.74) is 5.72. The number of nitrogens with two attached hydrogens (primary N) is 1. The van der Waals surface area contributed by atoms with Gasteiger partial charge in [-0.15, -0.1) is 24.8 Å². The molecule has 1 amide bonds. The predicted molar refractivity (Wildman–Crippen MR) is 77.3 cm³/mol. The molecule has 0 unspecified atom stereocenters. The molecule has 0 saturated carbocycles. The standard InChI is InChI=1S/C11H20N4O.2ClH/c1-8(2)10(12)11(16)14-5-7-15-6-4-13-9(15)3;;/h4,6,8,10H,5,7,12H2,1-3H3,(H,14,16);2*1H/t10-;;/m0../s1. The molecule has 1 aromatic rings. The largest absolute Gasteiger partial charge is 0.353 e. The van der Waals surface area contributed by atoms with Gasteiger partial charge in [-0.3, -0.25) is 4.79 Å². The number of nitrogens with zero attached hydrogens (tertiary/aromatic N) is 2. The van der Waals surface area contributed by atoms with Crippen LogP contribution < -0.4 is 11.1 Å². The summed E-state index contributed by atoms with van der Waals surface area (Å²) in [6.07, 6.45) is 3.64. The molecule has 0 aliphatic heterocycles. The van der Waals surface area contributed by atoms with Gasteiger partial charge in [-0.05, 0) is 12.8 Å². The van der Waals surface area contributed by atoms with E-state index in [1.165, 1.54) is 0 Å². The van der Waals surface area contributed by atoms with Crippen molar-refractivity contribution in [2.24, 2.45) is 11.7 Å². The number of imidazole rings is 1. The number of aryl methyl sites for hydroxylation is 1. The highest BCUT2D eigenvalue weighted by atomic mass is 35.5. The first-order valence-corrected chi connectivity index (χ1v) is 5.53. The van der Waals surface area contributed by atoms with Gasteiger partial charge in [-0.25, -0.2) is 4.98 Å². The fraction of sp³-hybridized carbons (Fsp3) is 0.636. The van der Waals surface area contributed by atoms with Crippen LogP contribution >= 0.6 is 24.8 Å². The first-order valence-electron chi connectivity index (χ1n) is 5.53. The Morgan fingerprint density at radius 1 is 1.50 bits per heavy atom. The molecule has 3 N–H and O–H groups in total. The minimum Gasteiger partial charge on any atom is -0.353 e. The normalized spacial score (nSPS) is 11.4. The average molecular weight is 297 g/mol. The molecule has 0 aromatic carbocycles. The van der Waals surface area contributed by atoms with E-state index in [1.807, 2.05) is 31.5 Å². The lowest BCUT2D eigenvalue weighted by Crippen LogP contribution is -2.44. The van der Waals surface area contributed by atoms with E-state index >= 15 is 0 Å². The average Bonchev–Trinajstić information content (AvgIpc) is 2.63. The van der Waals surface area contributed by atoms with Crippen LogP contribution in [0.4, 0.5) is 0 Å². The van der Waals surface area contributed by atoms with Crippen LogP contribution in [0.1, 0.15) is 19.7 Å². The lowest BCUT2D eigenvalue weighted by atomic mass is 10.1. The van der Waals surface area contributed by atoms with E-state index < -0.39 is 6.04 Å². The molecule has 5 nitrogen and oxygen atoms in total. The fourth-order valence-electron chi connectivity index (χ4n) is 1.36. The molecule has 0 aliphatic carbocycles. The highest BCUT2D eigenvalue weighted by Gasteiger charge is 2.16. The molecule has 1 atom stereocenters. The Balaban J connectivity index is 0. The number of aromatic nitrogens is 2. The number of amides is 1. The van der Waals surface area contributed by atoms with Crippen LogP contribution in [-0.2, 0) is 11.3 Å². The van der Waals surface area contributed by atoms with Crippen LogP contribution in [0.2, 0.25) is 0 Å². The fourth-order valence-corrected chi connectivity index (χ4v) is 1.36. The van der Waals surface area contributed by atoms with Gasteiger partial charge in [0.1, 0.15) is 5.82 Å². The van der Waals surface area contributed by atoms with Crippen molar-refractivity contribution in [3.05, 3.63) is 18.2 Å². The Kier molecular flexibility index (Phi) is 9.99. The number of carbonyl (C=O) groups excluding carboxylic acids is 1. The van der Waals surface area contributed by atoms with E-state index in [1.54, 1.807) is 6.20 Å². The van der Waals surface area contributed by atoms with Crippen molar-refractivity contribution >= 4 is 30.7 Å². The summed E-state index contributed by atoms with van der Waals surface area (Å²) in [5, 5.41) is 2.82. The molecule has 0 saturated heterocycles. The van der Waals surface area contributed by atoms with E-state index in [0.717, 1.165) is 12.4 Å². The van der Waals surface area contributed by atoms with E-state index in [-0.39, 0.29) is 36.6 Å². The van der Waals surface area contributed by atoms with Crippen LogP contribution in [0.25, 0.3) is 0 Å². The number of hydrogen-bond acceptors (Lipinski definition) is 3. The Hall–Kier alpha value is -0.780. The second kappa shape index (κ2) is 9.19. The van der Waals surface area contributed by atoms with Crippen LogP contribution in [0, 0.1) is 12.8 Å². The van der Waals surface area contributed by atoms with Crippen molar-refractivity contribution in [2.75, 3.05) is 6.54 Å². The number of nitrogens with one attached hydrogen (secondary N) is 1. The van der Waals surface area contributed by atoms with Crippen LogP contribution in [-0.4, -0.2) is 28.0 Å². The Labute approximate surface area is 120 Å². The number of carbonyl (C=O) groups is 1. The summed E-state index contributed by atoms with van der Waals surface area (Å²) in [7, 11) is 0. The summed E-state index contributed by atoms with van der Waals surface area (Å²) in [6.45, 7) is 7.11. The maximum absolute atomic E-state index is 11.5. The molecule has 7 heteroatoms. The molecule has 0 spiro atoms. The zero-order valence-corrected chi connectivity index (χ0v) is 12.6. The van der Waals surface area contributed by atoms with Crippen molar-refractivity contribution in [1.82, 2.24) is 14.9 Å². The number of hydrogen-bond donors (Lipinski definition) is 2. The molecule has 106 valence electrons. The lowest BCUT2D eigenvalue weighted by Gasteiger charge is -2.15. The van der Waals surface area contributed by atoms with Gasteiger partial charge in [0.05, 0.1) is 6.04 Å². The Morgan fingerprint density at radius 2 is 2.11 bits per heavy atom. The van der Waals surface area contributed by atoms with Crippen molar-refractivity contribution < 1.29 is 4.79 Å². The van der Waals surface area contributed by atoms with Gasteiger partial charge in [0.15, 0.2) is 0 Å². The Bertz CT molecular complexity index is 355. The quantitative estimate of drug-likeness (QED) is 0.856. The highest BCUT2D eigenvalue weighted by molar-refractivity contribution is 5.85. The molecule has 1 rings (SSSR count). The van der Waals surface area contributed by atoms with Crippen molar-refractivity contribution in [1.29, 1.82) is 0 Å². The van der Waals surface area contributed by atoms with Crippen LogP contribution in [0.5, 0.6) is 0 Å². The van der Waals surface area contributed by atoms with Crippen LogP contribution in [0.3, 0.4) is 0 Å². The monoisotopic (exact) mass is 296 g/mol. The third-order valence-corrected chi connectivity index (χ3v) is 2.60. The predicted octanol–water partition coefficient (Wildman–Crippen LogP) is 1.13. The summed E-state index contributed by atoms with van der Waals surface area (Å²) < 4.78 is 1.99. The topological polar surface area (TPSA) is 72.9 Å². The molecule has 0 bridgehead atoms. The molecule has 0 fully saturated rings. The van der Waals surface area contributed by atoms with Crippen molar-refractivity contribution in [3.8, 4) is 0 Å². The van der Waals surface area contributed by atoms with Crippen molar-refractivity contribution in [3.63, 3.8) is 0 Å². The van der Waals surface area contributed by atoms with Crippen LogP contribution in [0.15, 0.2) is 12.4 Å². The van der Waals surface area contributed by atoms with Gasteiger partial charge in [0, 0.05) is 25.5 Å². The maximum Gasteiger partial charge on any atom is 0.237 e. The third kappa shape index (κ3) is 5.71. The number of halogens is 2. The third-order valence-electron chi connectivity index (χ3n) is 2.60. The first-order chi connectivity index (χ1) is 7.52. The molecular weight excluding hydrogens is 275 g/mol. The lowest BCUT2D eigenvalue weighted by molar-refractivity contribution is -0.123. The minimum atomic E-state index is -0.427. The van der Waals surface area contributed by atoms with Gasteiger partial charge >= 0.3 is 0 Å². The summed E-state index contributed by atoms with van der Waals surface area (Å²) in [6, 6.07) is -0.427. The minimum absolute atomic E-state index is 0. The molecular formula is C11H22Cl2N4O. The highest BCUT2D eigenvalue weighted by Crippen LogP contribution is 1.98. The molecule has 0 aliphatic rings.